The molecule has 0 saturated carbocycles. The number of ether oxygens (including phenoxy) is 6. The first-order valence-corrected chi connectivity index (χ1v) is 9.00. The maximum absolute atomic E-state index is 10.7. The number of carbonyl (C=O) groups excluding carboxylic acids is 3. The van der Waals surface area contributed by atoms with Crippen molar-refractivity contribution in [3.63, 3.8) is 0 Å². The van der Waals surface area contributed by atoms with Gasteiger partial charge in [-0.05, 0) is 19.8 Å². The largest absolute Gasteiger partial charge is 0.508 e. The van der Waals surface area contributed by atoms with Gasteiger partial charge in [-0.25, -0.2) is 14.4 Å². The average Bonchev–Trinajstić information content (AvgIpc) is 3.24. The second-order valence-corrected chi connectivity index (χ2v) is 5.63. The highest BCUT2D eigenvalue weighted by Crippen LogP contribution is 2.04. The fourth-order valence-corrected chi connectivity index (χ4v) is 1.51. The van der Waals surface area contributed by atoms with Crippen molar-refractivity contribution in [1.29, 1.82) is 0 Å². The van der Waals surface area contributed by atoms with Crippen molar-refractivity contribution in [3.05, 3.63) is 0 Å². The summed E-state index contributed by atoms with van der Waals surface area (Å²) in [6, 6.07) is 0. The van der Waals surface area contributed by atoms with Gasteiger partial charge in [-0.1, -0.05) is 26.7 Å². The standard InChI is InChI=1S/C9H18O3.C4H6O4.C4H6O3/c1-3-5-7-11-9(10)12-8-6-4-2;5-1-3-2-7-4(6)8-3;1-3-2-6-4(5)7-3/h3-8H2,1-2H3;3,5H,1-2H2;3H,2H2,1H3. The third-order valence-electron chi connectivity index (χ3n) is 3.02. The zero-order valence-corrected chi connectivity index (χ0v) is 16.1. The van der Waals surface area contributed by atoms with Crippen molar-refractivity contribution in [2.45, 2.75) is 58.7 Å². The molecule has 0 radical (unpaired) electrons. The Morgan fingerprint density at radius 3 is 1.78 bits per heavy atom. The smallest absolute Gasteiger partial charge is 0.434 e. The zero-order valence-electron chi connectivity index (χ0n) is 16.1. The lowest BCUT2D eigenvalue weighted by Gasteiger charge is -2.04. The van der Waals surface area contributed by atoms with E-state index in [-0.39, 0.29) is 19.3 Å². The lowest BCUT2D eigenvalue weighted by Crippen LogP contribution is -2.14. The Labute approximate surface area is 159 Å². The molecule has 0 spiro atoms. The Balaban J connectivity index is 0.000000391. The third kappa shape index (κ3) is 14.6. The Bertz CT molecular complexity index is 414. The molecule has 0 aromatic heterocycles. The van der Waals surface area contributed by atoms with E-state index in [9.17, 15) is 14.4 Å². The second kappa shape index (κ2) is 16.0. The lowest BCUT2D eigenvalue weighted by atomic mass is 10.4. The SMILES string of the molecule is CC1COC(=O)O1.CCCCOC(=O)OCCCC.O=C1OCC(CO)O1. The molecule has 10 nitrogen and oxygen atoms in total. The van der Waals surface area contributed by atoms with Gasteiger partial charge >= 0.3 is 18.5 Å². The fraction of sp³-hybridized carbons (Fsp3) is 0.824. The lowest BCUT2D eigenvalue weighted by molar-refractivity contribution is 0.0535. The van der Waals surface area contributed by atoms with Crippen LogP contribution >= 0.6 is 0 Å². The molecule has 2 rings (SSSR count). The molecule has 2 heterocycles. The van der Waals surface area contributed by atoms with Crippen molar-refractivity contribution in [2.24, 2.45) is 0 Å². The first-order valence-electron chi connectivity index (χ1n) is 9.00. The summed E-state index contributed by atoms with van der Waals surface area (Å²) in [5.41, 5.74) is 0. The molecule has 2 atom stereocenters. The summed E-state index contributed by atoms with van der Waals surface area (Å²) >= 11 is 0. The molecular formula is C17H30O10. The molecule has 10 heteroatoms. The molecule has 0 aliphatic carbocycles. The molecule has 0 aromatic rings. The van der Waals surface area contributed by atoms with Gasteiger partial charge in [0.25, 0.3) is 0 Å². The Hall–Kier alpha value is -2.23. The van der Waals surface area contributed by atoms with Crippen molar-refractivity contribution in [2.75, 3.05) is 33.0 Å². The molecule has 0 aromatic carbocycles. The van der Waals surface area contributed by atoms with Gasteiger partial charge in [0.1, 0.15) is 19.3 Å². The maximum atomic E-state index is 10.7. The normalized spacial score (nSPS) is 19.9. The minimum Gasteiger partial charge on any atom is -0.434 e. The van der Waals surface area contributed by atoms with E-state index >= 15 is 0 Å². The number of aliphatic hydroxyl groups is 1. The van der Waals surface area contributed by atoms with E-state index < -0.39 is 24.6 Å². The van der Waals surface area contributed by atoms with E-state index in [4.69, 9.17) is 14.6 Å². The van der Waals surface area contributed by atoms with Gasteiger partial charge in [-0.2, -0.15) is 0 Å². The van der Waals surface area contributed by atoms with Gasteiger partial charge in [-0.3, -0.25) is 0 Å². The molecule has 2 saturated heterocycles. The van der Waals surface area contributed by atoms with Crippen LogP contribution in [0.3, 0.4) is 0 Å². The summed E-state index contributed by atoms with van der Waals surface area (Å²) in [6.07, 6.45) is 1.61. The molecule has 0 amide bonds. The van der Waals surface area contributed by atoms with E-state index in [0.29, 0.717) is 19.8 Å². The molecule has 2 fully saturated rings. The van der Waals surface area contributed by atoms with Gasteiger partial charge in [0.05, 0.1) is 19.8 Å². The number of carbonyl (C=O) groups is 3. The third-order valence-corrected chi connectivity index (χ3v) is 3.02. The molecule has 1 N–H and O–H groups in total. The molecule has 2 unspecified atom stereocenters. The van der Waals surface area contributed by atoms with Crippen LogP contribution in [0.2, 0.25) is 0 Å². The fourth-order valence-electron chi connectivity index (χ4n) is 1.51. The molecule has 27 heavy (non-hydrogen) atoms. The molecule has 2 aliphatic heterocycles. The Morgan fingerprint density at radius 2 is 1.52 bits per heavy atom. The minimum absolute atomic E-state index is 0.0486. The van der Waals surface area contributed by atoms with Crippen molar-refractivity contribution < 1.29 is 47.9 Å². The van der Waals surface area contributed by atoms with Crippen LogP contribution in [0.1, 0.15) is 46.5 Å². The van der Waals surface area contributed by atoms with Crippen LogP contribution in [0.25, 0.3) is 0 Å². The highest BCUT2D eigenvalue weighted by atomic mass is 16.8. The number of hydrogen-bond acceptors (Lipinski definition) is 10. The quantitative estimate of drug-likeness (QED) is 0.391. The summed E-state index contributed by atoms with van der Waals surface area (Å²) in [5, 5.41) is 8.33. The number of aliphatic hydroxyl groups excluding tert-OH is 1. The monoisotopic (exact) mass is 394 g/mol. The summed E-state index contributed by atoms with van der Waals surface area (Å²) in [7, 11) is 0. The van der Waals surface area contributed by atoms with Crippen LogP contribution in [0, 0.1) is 0 Å². The number of rotatable bonds is 7. The van der Waals surface area contributed by atoms with Crippen molar-refractivity contribution in [1.82, 2.24) is 0 Å². The molecule has 2 aliphatic rings. The molecular weight excluding hydrogens is 364 g/mol. The van der Waals surface area contributed by atoms with Crippen LogP contribution < -0.4 is 0 Å². The van der Waals surface area contributed by atoms with Gasteiger partial charge < -0.3 is 33.5 Å². The summed E-state index contributed by atoms with van der Waals surface area (Å²) < 4.78 is 27.2. The van der Waals surface area contributed by atoms with Crippen LogP contribution in [0.4, 0.5) is 14.4 Å². The Morgan fingerprint density at radius 1 is 1.00 bits per heavy atom. The predicted molar refractivity (Wildman–Crippen MR) is 92.3 cm³/mol. The predicted octanol–water partition coefficient (Wildman–Crippen LogP) is 2.80. The zero-order chi connectivity index (χ0) is 20.5. The van der Waals surface area contributed by atoms with Crippen LogP contribution in [0.5, 0.6) is 0 Å². The van der Waals surface area contributed by atoms with Gasteiger partial charge in [0, 0.05) is 0 Å². The van der Waals surface area contributed by atoms with E-state index in [1.54, 1.807) is 6.92 Å². The molecule has 0 bridgehead atoms. The highest BCUT2D eigenvalue weighted by Gasteiger charge is 2.23. The van der Waals surface area contributed by atoms with Gasteiger partial charge in [0.15, 0.2) is 6.10 Å². The maximum Gasteiger partial charge on any atom is 0.508 e. The second-order valence-electron chi connectivity index (χ2n) is 5.63. The van der Waals surface area contributed by atoms with E-state index in [1.165, 1.54) is 0 Å². The van der Waals surface area contributed by atoms with Crippen LogP contribution in [-0.2, 0) is 28.4 Å². The first kappa shape index (κ1) is 24.8. The van der Waals surface area contributed by atoms with Crippen LogP contribution in [0.15, 0.2) is 0 Å². The van der Waals surface area contributed by atoms with Gasteiger partial charge in [0.2, 0.25) is 0 Å². The summed E-state index contributed by atoms with van der Waals surface area (Å²) in [4.78, 5) is 30.8. The van der Waals surface area contributed by atoms with E-state index in [1.807, 2.05) is 13.8 Å². The summed E-state index contributed by atoms with van der Waals surface area (Å²) in [5.74, 6) is 0. The van der Waals surface area contributed by atoms with E-state index in [2.05, 4.69) is 18.9 Å². The topological polar surface area (TPSA) is 127 Å². The van der Waals surface area contributed by atoms with Crippen LogP contribution in [-0.4, -0.2) is 68.8 Å². The molecule has 158 valence electrons. The number of cyclic esters (lactones) is 4. The van der Waals surface area contributed by atoms with E-state index in [0.717, 1.165) is 25.7 Å². The highest BCUT2D eigenvalue weighted by molar-refractivity contribution is 5.62. The number of unbranched alkanes of at least 4 members (excludes halogenated alkanes) is 2. The summed E-state index contributed by atoms with van der Waals surface area (Å²) in [6.45, 7) is 7.24. The van der Waals surface area contributed by atoms with Crippen molar-refractivity contribution >= 4 is 18.5 Å². The number of hydrogen-bond donors (Lipinski definition) is 1. The first-order chi connectivity index (χ1) is 12.9. The minimum atomic E-state index is -0.691. The average molecular weight is 394 g/mol. The van der Waals surface area contributed by atoms with Crippen molar-refractivity contribution in [3.8, 4) is 0 Å². The van der Waals surface area contributed by atoms with Gasteiger partial charge in [-0.15, -0.1) is 0 Å². The Kier molecular flexibility index (Phi) is 14.7.